The van der Waals surface area contributed by atoms with Crippen LogP contribution in [-0.4, -0.2) is 13.1 Å². The lowest BCUT2D eigenvalue weighted by Gasteiger charge is -2.44. The predicted octanol–water partition coefficient (Wildman–Crippen LogP) is 5.10. The second-order valence-electron chi connectivity index (χ2n) is 7.48. The Labute approximate surface area is 170 Å². The van der Waals surface area contributed by atoms with Crippen LogP contribution in [0.3, 0.4) is 0 Å². The van der Waals surface area contributed by atoms with Crippen molar-refractivity contribution in [1.82, 2.24) is 5.32 Å². The molecular formula is C23H23ClN2O2. The number of carbonyl (C=O) groups excluding carboxylic acids is 1. The van der Waals surface area contributed by atoms with E-state index in [9.17, 15) is 4.79 Å². The third-order valence-corrected chi connectivity index (χ3v) is 5.98. The lowest BCUT2D eigenvalue weighted by atomic mass is 9.78. The van der Waals surface area contributed by atoms with Crippen molar-refractivity contribution in [1.29, 1.82) is 0 Å². The normalized spacial score (nSPS) is 20.9. The van der Waals surface area contributed by atoms with E-state index in [0.29, 0.717) is 23.9 Å². The number of benzene rings is 2. The zero-order valence-electron chi connectivity index (χ0n) is 15.9. The minimum atomic E-state index is -0.430. The maximum absolute atomic E-state index is 13.2. The van der Waals surface area contributed by atoms with Crippen LogP contribution in [0.2, 0.25) is 5.02 Å². The highest BCUT2D eigenvalue weighted by molar-refractivity contribution is 6.30. The van der Waals surface area contributed by atoms with Crippen molar-refractivity contribution in [3.63, 3.8) is 0 Å². The van der Waals surface area contributed by atoms with E-state index in [0.717, 1.165) is 41.8 Å². The van der Waals surface area contributed by atoms with Gasteiger partial charge in [0.2, 0.25) is 0 Å². The third kappa shape index (κ3) is 3.31. The Morgan fingerprint density at radius 1 is 1.29 bits per heavy atom. The molecule has 0 aromatic heterocycles. The van der Waals surface area contributed by atoms with Crippen LogP contribution in [0.25, 0.3) is 0 Å². The van der Waals surface area contributed by atoms with Gasteiger partial charge in [-0.1, -0.05) is 23.7 Å². The van der Waals surface area contributed by atoms with E-state index in [2.05, 4.69) is 11.2 Å². The summed E-state index contributed by atoms with van der Waals surface area (Å²) in [6.07, 6.45) is 9.08. The van der Waals surface area contributed by atoms with Gasteiger partial charge in [-0.05, 0) is 61.1 Å². The lowest BCUT2D eigenvalue weighted by molar-refractivity contribution is 0.211. The highest BCUT2D eigenvalue weighted by atomic mass is 35.5. The zero-order chi connectivity index (χ0) is 19.7. The molecule has 0 spiro atoms. The summed E-state index contributed by atoms with van der Waals surface area (Å²) in [6.45, 7) is 0.473. The molecule has 1 saturated carbocycles. The second kappa shape index (κ2) is 7.41. The van der Waals surface area contributed by atoms with Crippen molar-refractivity contribution < 1.29 is 9.53 Å². The molecule has 1 unspecified atom stereocenters. The summed E-state index contributed by atoms with van der Waals surface area (Å²) >= 11 is 6.36. The van der Waals surface area contributed by atoms with Crippen molar-refractivity contribution in [2.75, 3.05) is 12.0 Å². The summed E-state index contributed by atoms with van der Waals surface area (Å²) in [7, 11) is 1.64. The number of nitrogens with zero attached hydrogens (tertiary/aromatic N) is 1. The quantitative estimate of drug-likeness (QED) is 0.693. The van der Waals surface area contributed by atoms with E-state index in [-0.39, 0.29) is 6.03 Å². The average molecular weight is 395 g/mol. The Bertz CT molecular complexity index is 931. The van der Waals surface area contributed by atoms with Crippen LogP contribution in [0.5, 0.6) is 5.75 Å². The number of carbonyl (C=O) groups is 1. The fourth-order valence-corrected chi connectivity index (χ4v) is 4.35. The van der Waals surface area contributed by atoms with Crippen LogP contribution in [0.1, 0.15) is 36.8 Å². The standard InChI is InChI=1S/C23H23ClN2O2/c1-3-4-13-23(17-7-8-17)20-14-18(24)9-12-21(20)26(22(27)25-23)15-16-5-10-19(28-2)11-6-16/h1,5-6,9-12,14,17H,4,7-8,13,15H2,2H3,(H,25,27). The van der Waals surface area contributed by atoms with Gasteiger partial charge >= 0.3 is 6.03 Å². The number of urea groups is 1. The van der Waals surface area contributed by atoms with Crippen molar-refractivity contribution in [2.45, 2.75) is 37.8 Å². The maximum atomic E-state index is 13.2. The summed E-state index contributed by atoms with van der Waals surface area (Å²) in [6, 6.07) is 13.5. The van der Waals surface area contributed by atoms with Crippen molar-refractivity contribution in [3.8, 4) is 18.1 Å². The fraction of sp³-hybridized carbons (Fsp3) is 0.348. The van der Waals surface area contributed by atoms with E-state index < -0.39 is 5.54 Å². The summed E-state index contributed by atoms with van der Waals surface area (Å²) in [5, 5.41) is 3.98. The molecule has 5 heteroatoms. The molecule has 4 rings (SSSR count). The van der Waals surface area contributed by atoms with Gasteiger partial charge in [-0.15, -0.1) is 12.3 Å². The Morgan fingerprint density at radius 2 is 2.04 bits per heavy atom. The van der Waals surface area contributed by atoms with Gasteiger partial charge in [0.1, 0.15) is 5.75 Å². The summed E-state index contributed by atoms with van der Waals surface area (Å²) < 4.78 is 5.22. The number of terminal acetylenes is 1. The Balaban J connectivity index is 1.73. The molecule has 4 nitrogen and oxygen atoms in total. The predicted molar refractivity (Wildman–Crippen MR) is 112 cm³/mol. The van der Waals surface area contributed by atoms with Gasteiger partial charge < -0.3 is 10.1 Å². The number of hydrogen-bond donors (Lipinski definition) is 1. The Kier molecular flexibility index (Phi) is 4.95. The number of hydrogen-bond acceptors (Lipinski definition) is 2. The highest BCUT2D eigenvalue weighted by Crippen LogP contribution is 2.53. The molecule has 28 heavy (non-hydrogen) atoms. The van der Waals surface area contributed by atoms with E-state index in [1.54, 1.807) is 12.0 Å². The first-order chi connectivity index (χ1) is 13.6. The minimum Gasteiger partial charge on any atom is -0.497 e. The number of anilines is 1. The molecule has 0 saturated heterocycles. The molecular weight excluding hydrogens is 372 g/mol. The van der Waals surface area contributed by atoms with E-state index in [4.69, 9.17) is 22.8 Å². The van der Waals surface area contributed by atoms with Crippen molar-refractivity contribution in [3.05, 3.63) is 58.6 Å². The van der Waals surface area contributed by atoms with E-state index in [1.165, 1.54) is 0 Å². The van der Waals surface area contributed by atoms with Crippen LogP contribution in [0.15, 0.2) is 42.5 Å². The molecule has 1 atom stereocenters. The smallest absolute Gasteiger partial charge is 0.322 e. The molecule has 1 aliphatic carbocycles. The number of amides is 2. The van der Waals surface area contributed by atoms with Crippen LogP contribution >= 0.6 is 11.6 Å². The van der Waals surface area contributed by atoms with Crippen LogP contribution in [0.4, 0.5) is 10.5 Å². The van der Waals surface area contributed by atoms with Crippen molar-refractivity contribution in [2.24, 2.45) is 5.92 Å². The first-order valence-electron chi connectivity index (χ1n) is 9.53. The first kappa shape index (κ1) is 18.7. The summed E-state index contributed by atoms with van der Waals surface area (Å²) in [5.41, 5.74) is 2.58. The molecule has 1 fully saturated rings. The van der Waals surface area contributed by atoms with E-state index >= 15 is 0 Å². The molecule has 1 heterocycles. The van der Waals surface area contributed by atoms with Gasteiger partial charge in [0, 0.05) is 17.0 Å². The molecule has 1 N–H and O–H groups in total. The molecule has 0 radical (unpaired) electrons. The molecule has 0 bridgehead atoms. The molecule has 2 amide bonds. The number of ether oxygens (including phenoxy) is 1. The maximum Gasteiger partial charge on any atom is 0.322 e. The number of nitrogens with one attached hydrogen (secondary N) is 1. The zero-order valence-corrected chi connectivity index (χ0v) is 16.6. The van der Waals surface area contributed by atoms with Gasteiger partial charge in [-0.25, -0.2) is 4.79 Å². The minimum absolute atomic E-state index is 0.0884. The van der Waals surface area contributed by atoms with Gasteiger partial charge in [-0.2, -0.15) is 0 Å². The van der Waals surface area contributed by atoms with Gasteiger partial charge in [-0.3, -0.25) is 4.90 Å². The SMILES string of the molecule is C#CCCC1(C2CC2)NC(=O)N(Cc2ccc(OC)cc2)c2ccc(Cl)cc21. The third-order valence-electron chi connectivity index (χ3n) is 5.74. The Hall–Kier alpha value is -2.64. The Morgan fingerprint density at radius 3 is 2.68 bits per heavy atom. The fourth-order valence-electron chi connectivity index (χ4n) is 4.18. The van der Waals surface area contributed by atoms with E-state index in [1.807, 2.05) is 42.5 Å². The monoisotopic (exact) mass is 394 g/mol. The van der Waals surface area contributed by atoms with Crippen LogP contribution < -0.4 is 15.0 Å². The average Bonchev–Trinajstić information content (AvgIpc) is 3.55. The molecule has 144 valence electrons. The topological polar surface area (TPSA) is 41.6 Å². The highest BCUT2D eigenvalue weighted by Gasteiger charge is 2.51. The second-order valence-corrected chi connectivity index (χ2v) is 7.91. The number of rotatable bonds is 6. The van der Waals surface area contributed by atoms with Crippen molar-refractivity contribution >= 4 is 23.3 Å². The first-order valence-corrected chi connectivity index (χ1v) is 9.91. The molecule has 2 aliphatic rings. The number of methoxy groups -OCH3 is 1. The molecule has 2 aromatic carbocycles. The van der Waals surface area contributed by atoms with Gasteiger partial charge in [0.25, 0.3) is 0 Å². The molecule has 1 aliphatic heterocycles. The van der Waals surface area contributed by atoms with Crippen LogP contribution in [-0.2, 0) is 12.1 Å². The molecule has 2 aromatic rings. The van der Waals surface area contributed by atoms with Gasteiger partial charge in [0.05, 0.1) is 24.9 Å². The summed E-state index contributed by atoms with van der Waals surface area (Å²) in [4.78, 5) is 15.0. The summed E-state index contributed by atoms with van der Waals surface area (Å²) in [5.74, 6) is 3.93. The van der Waals surface area contributed by atoms with Crippen LogP contribution in [0, 0.1) is 18.3 Å². The largest absolute Gasteiger partial charge is 0.497 e. The van der Waals surface area contributed by atoms with Gasteiger partial charge in [0.15, 0.2) is 0 Å². The number of halogens is 1. The number of fused-ring (bicyclic) bond motifs is 1. The lowest BCUT2D eigenvalue weighted by Crippen LogP contribution is -2.57.